The minimum absolute atomic E-state index is 0. The van der Waals surface area contributed by atoms with E-state index in [2.05, 4.69) is 15.7 Å². The number of rotatable bonds is 4. The molecule has 0 bridgehead atoms. The van der Waals surface area contributed by atoms with E-state index >= 15 is 0 Å². The van der Waals surface area contributed by atoms with Crippen molar-refractivity contribution in [3.05, 3.63) is 47.2 Å². The van der Waals surface area contributed by atoms with Crippen LogP contribution in [0.5, 0.6) is 0 Å². The molecule has 124 valence electrons. The van der Waals surface area contributed by atoms with Gasteiger partial charge in [0.1, 0.15) is 0 Å². The van der Waals surface area contributed by atoms with Crippen molar-refractivity contribution in [2.45, 2.75) is 6.10 Å². The molecule has 2 aromatic rings. The summed E-state index contributed by atoms with van der Waals surface area (Å²) >= 11 is 5.95. The third-order valence-corrected chi connectivity index (χ3v) is 3.96. The molecular formula is C15H18Cl2N4O2. The SMILES string of the molecule is Cl.O=C(NCC1CNCC1O)c1ccn(-c2cccc(Cl)c2)n1. The van der Waals surface area contributed by atoms with Crippen molar-refractivity contribution in [2.24, 2.45) is 5.92 Å². The van der Waals surface area contributed by atoms with Gasteiger partial charge in [-0.15, -0.1) is 12.4 Å². The zero-order valence-corrected chi connectivity index (χ0v) is 13.8. The standard InChI is InChI=1S/C15H17ClN4O2.ClH/c16-11-2-1-3-12(6-11)20-5-4-13(19-20)15(22)18-8-10-7-17-9-14(10)21;/h1-6,10,14,17,21H,7-9H2,(H,18,22);1H. The summed E-state index contributed by atoms with van der Waals surface area (Å²) in [4.78, 5) is 12.1. The highest BCUT2D eigenvalue weighted by Crippen LogP contribution is 2.14. The molecule has 1 aromatic heterocycles. The summed E-state index contributed by atoms with van der Waals surface area (Å²) in [6, 6.07) is 8.90. The normalized spacial score (nSPS) is 20.1. The van der Waals surface area contributed by atoms with Crippen molar-refractivity contribution in [3.8, 4) is 5.69 Å². The lowest BCUT2D eigenvalue weighted by Crippen LogP contribution is -2.34. The Kier molecular flexibility index (Phi) is 6.01. The second-order valence-corrected chi connectivity index (χ2v) is 5.76. The van der Waals surface area contributed by atoms with Crippen LogP contribution in [0.15, 0.2) is 36.5 Å². The van der Waals surface area contributed by atoms with Gasteiger partial charge in [0.15, 0.2) is 5.69 Å². The number of aromatic nitrogens is 2. The maximum absolute atomic E-state index is 12.1. The van der Waals surface area contributed by atoms with Gasteiger partial charge in [0.25, 0.3) is 5.91 Å². The number of carbonyl (C=O) groups is 1. The first-order chi connectivity index (χ1) is 10.6. The van der Waals surface area contributed by atoms with Crippen LogP contribution in [-0.4, -0.2) is 46.5 Å². The summed E-state index contributed by atoms with van der Waals surface area (Å²) in [6.45, 7) is 1.71. The van der Waals surface area contributed by atoms with Gasteiger partial charge < -0.3 is 15.7 Å². The number of β-amino-alcohol motifs (C(OH)–C–C–N with tert-alkyl or cyclic N) is 1. The lowest BCUT2D eigenvalue weighted by Gasteiger charge is -2.13. The van der Waals surface area contributed by atoms with Gasteiger partial charge in [-0.2, -0.15) is 5.10 Å². The minimum atomic E-state index is -0.413. The van der Waals surface area contributed by atoms with Gasteiger partial charge in [-0.1, -0.05) is 17.7 Å². The zero-order chi connectivity index (χ0) is 15.5. The van der Waals surface area contributed by atoms with E-state index in [1.807, 2.05) is 12.1 Å². The molecular weight excluding hydrogens is 339 g/mol. The number of aliphatic hydroxyl groups is 1. The number of carbonyl (C=O) groups excluding carboxylic acids is 1. The Morgan fingerprint density at radius 2 is 2.26 bits per heavy atom. The molecule has 1 aliphatic rings. The molecule has 23 heavy (non-hydrogen) atoms. The van der Waals surface area contributed by atoms with Gasteiger partial charge in [0.05, 0.1) is 11.8 Å². The third kappa shape index (κ3) is 4.23. The average molecular weight is 357 g/mol. The highest BCUT2D eigenvalue weighted by Gasteiger charge is 2.25. The lowest BCUT2D eigenvalue weighted by atomic mass is 10.1. The fourth-order valence-electron chi connectivity index (χ4n) is 2.45. The van der Waals surface area contributed by atoms with Gasteiger partial charge >= 0.3 is 0 Å². The molecule has 2 atom stereocenters. The molecule has 6 nitrogen and oxygen atoms in total. The Hall–Kier alpha value is -1.60. The molecule has 3 N–H and O–H groups in total. The topological polar surface area (TPSA) is 79.2 Å². The van der Waals surface area contributed by atoms with E-state index in [1.165, 1.54) is 0 Å². The Bertz CT molecular complexity index is 677. The average Bonchev–Trinajstić information content (AvgIpc) is 3.14. The van der Waals surface area contributed by atoms with Gasteiger partial charge in [-0.05, 0) is 24.3 Å². The molecule has 2 heterocycles. The number of benzene rings is 1. The molecule has 2 unspecified atom stereocenters. The van der Waals surface area contributed by atoms with Crippen LogP contribution < -0.4 is 10.6 Å². The van der Waals surface area contributed by atoms with Crippen molar-refractivity contribution in [2.75, 3.05) is 19.6 Å². The van der Waals surface area contributed by atoms with Crippen molar-refractivity contribution in [3.63, 3.8) is 0 Å². The van der Waals surface area contributed by atoms with Crippen LogP contribution in [0, 0.1) is 5.92 Å². The fraction of sp³-hybridized carbons (Fsp3) is 0.333. The number of amides is 1. The number of hydrogen-bond donors (Lipinski definition) is 3. The van der Waals surface area contributed by atoms with Gasteiger partial charge in [-0.25, -0.2) is 4.68 Å². The molecule has 3 rings (SSSR count). The van der Waals surface area contributed by atoms with Crippen LogP contribution in [0.2, 0.25) is 5.02 Å². The summed E-state index contributed by atoms with van der Waals surface area (Å²) in [7, 11) is 0. The van der Waals surface area contributed by atoms with Crippen LogP contribution in [0.1, 0.15) is 10.5 Å². The van der Waals surface area contributed by atoms with E-state index in [1.54, 1.807) is 29.1 Å². The van der Waals surface area contributed by atoms with Crippen molar-refractivity contribution in [1.29, 1.82) is 0 Å². The Balaban J connectivity index is 0.00000192. The fourth-order valence-corrected chi connectivity index (χ4v) is 2.63. The molecule has 1 amide bonds. The second kappa shape index (κ2) is 7.79. The van der Waals surface area contributed by atoms with Crippen LogP contribution >= 0.6 is 24.0 Å². The van der Waals surface area contributed by atoms with Crippen molar-refractivity contribution < 1.29 is 9.90 Å². The van der Waals surface area contributed by atoms with E-state index < -0.39 is 6.10 Å². The lowest BCUT2D eigenvalue weighted by molar-refractivity contribution is 0.0921. The van der Waals surface area contributed by atoms with Crippen LogP contribution in [0.3, 0.4) is 0 Å². The third-order valence-electron chi connectivity index (χ3n) is 3.72. The second-order valence-electron chi connectivity index (χ2n) is 5.32. The minimum Gasteiger partial charge on any atom is -0.391 e. The molecule has 0 radical (unpaired) electrons. The number of hydrogen-bond acceptors (Lipinski definition) is 4. The highest BCUT2D eigenvalue weighted by molar-refractivity contribution is 6.30. The molecule has 0 aliphatic carbocycles. The molecule has 0 spiro atoms. The largest absolute Gasteiger partial charge is 0.391 e. The first-order valence-corrected chi connectivity index (χ1v) is 7.50. The highest BCUT2D eigenvalue weighted by atomic mass is 35.5. The molecule has 1 aliphatic heterocycles. The molecule has 1 aromatic carbocycles. The van der Waals surface area contributed by atoms with E-state index in [0.29, 0.717) is 30.4 Å². The summed E-state index contributed by atoms with van der Waals surface area (Å²) in [6.07, 6.45) is 1.30. The summed E-state index contributed by atoms with van der Waals surface area (Å²) in [5.74, 6) is -0.209. The van der Waals surface area contributed by atoms with Crippen molar-refractivity contribution in [1.82, 2.24) is 20.4 Å². The summed E-state index contributed by atoms with van der Waals surface area (Å²) in [5, 5.41) is 20.5. The van der Waals surface area contributed by atoms with Crippen molar-refractivity contribution >= 4 is 29.9 Å². The Morgan fingerprint density at radius 1 is 1.43 bits per heavy atom. The first-order valence-electron chi connectivity index (χ1n) is 7.12. The maximum Gasteiger partial charge on any atom is 0.271 e. The quantitative estimate of drug-likeness (QED) is 0.770. The van der Waals surface area contributed by atoms with E-state index in [-0.39, 0.29) is 24.2 Å². The molecule has 1 saturated heterocycles. The van der Waals surface area contributed by atoms with E-state index in [9.17, 15) is 9.90 Å². The smallest absolute Gasteiger partial charge is 0.271 e. The predicted molar refractivity (Wildman–Crippen MR) is 90.5 cm³/mol. The van der Waals surface area contributed by atoms with Gasteiger partial charge in [-0.3, -0.25) is 4.79 Å². The van der Waals surface area contributed by atoms with Crippen LogP contribution in [0.25, 0.3) is 5.69 Å². The predicted octanol–water partition coefficient (Wildman–Crippen LogP) is 1.26. The number of halogens is 2. The number of nitrogens with one attached hydrogen (secondary N) is 2. The zero-order valence-electron chi connectivity index (χ0n) is 12.3. The van der Waals surface area contributed by atoms with Gasteiger partial charge in [0, 0.05) is 36.8 Å². The molecule has 0 saturated carbocycles. The van der Waals surface area contributed by atoms with Crippen LogP contribution in [0.4, 0.5) is 0 Å². The first kappa shape index (κ1) is 17.7. The molecule has 1 fully saturated rings. The number of aliphatic hydroxyl groups excluding tert-OH is 1. The Morgan fingerprint density at radius 3 is 2.96 bits per heavy atom. The Labute approximate surface area is 145 Å². The summed E-state index contributed by atoms with van der Waals surface area (Å²) in [5.41, 5.74) is 1.13. The maximum atomic E-state index is 12.1. The van der Waals surface area contributed by atoms with Crippen LogP contribution in [-0.2, 0) is 0 Å². The monoisotopic (exact) mass is 356 g/mol. The number of nitrogens with zero attached hydrogens (tertiary/aromatic N) is 2. The van der Waals surface area contributed by atoms with E-state index in [0.717, 1.165) is 5.69 Å². The van der Waals surface area contributed by atoms with E-state index in [4.69, 9.17) is 11.6 Å². The molecule has 8 heteroatoms. The van der Waals surface area contributed by atoms with Gasteiger partial charge in [0.2, 0.25) is 0 Å². The summed E-state index contributed by atoms with van der Waals surface area (Å²) < 4.78 is 1.60.